The zero-order valence-electron chi connectivity index (χ0n) is 12.1. The standard InChI is InChI=1S/C16H19N3O2/c1-12-4-2-6-15(18-12)21-13-7-10-19(11-8-13)16(20)14-5-3-9-17-14/h2-6,9,13,17H,7-8,10-11H2,1H3. The second kappa shape index (κ2) is 5.99. The van der Waals surface area contributed by atoms with Gasteiger partial charge in [0.05, 0.1) is 0 Å². The lowest BCUT2D eigenvalue weighted by Crippen LogP contribution is -2.42. The van der Waals surface area contributed by atoms with Crippen LogP contribution in [0.3, 0.4) is 0 Å². The van der Waals surface area contributed by atoms with Crippen LogP contribution in [0, 0.1) is 6.92 Å². The molecule has 3 heterocycles. The molecule has 1 fully saturated rings. The van der Waals surface area contributed by atoms with Crippen LogP contribution in [0.1, 0.15) is 29.0 Å². The largest absolute Gasteiger partial charge is 0.474 e. The first-order valence-corrected chi connectivity index (χ1v) is 7.25. The Morgan fingerprint density at radius 2 is 2.10 bits per heavy atom. The highest BCUT2D eigenvalue weighted by Gasteiger charge is 2.25. The second-order valence-electron chi connectivity index (χ2n) is 5.31. The predicted octanol–water partition coefficient (Wildman–Crippen LogP) is 2.40. The highest BCUT2D eigenvalue weighted by atomic mass is 16.5. The molecule has 110 valence electrons. The molecule has 1 amide bonds. The van der Waals surface area contributed by atoms with Gasteiger partial charge >= 0.3 is 0 Å². The summed E-state index contributed by atoms with van der Waals surface area (Å²) in [5.41, 5.74) is 1.60. The zero-order valence-corrected chi connectivity index (χ0v) is 12.1. The third-order valence-corrected chi connectivity index (χ3v) is 3.71. The van der Waals surface area contributed by atoms with Crippen LogP contribution < -0.4 is 4.74 Å². The van der Waals surface area contributed by atoms with Gasteiger partial charge in [-0.2, -0.15) is 0 Å². The molecule has 5 heteroatoms. The second-order valence-corrected chi connectivity index (χ2v) is 5.31. The van der Waals surface area contributed by atoms with Gasteiger partial charge in [-0.1, -0.05) is 6.07 Å². The summed E-state index contributed by atoms with van der Waals surface area (Å²) >= 11 is 0. The molecule has 1 N–H and O–H groups in total. The molecular formula is C16H19N3O2. The fraction of sp³-hybridized carbons (Fsp3) is 0.375. The van der Waals surface area contributed by atoms with Gasteiger partial charge in [-0.25, -0.2) is 4.98 Å². The molecule has 2 aromatic rings. The van der Waals surface area contributed by atoms with E-state index in [2.05, 4.69) is 9.97 Å². The number of hydrogen-bond acceptors (Lipinski definition) is 3. The molecule has 0 aromatic carbocycles. The van der Waals surface area contributed by atoms with Crippen molar-refractivity contribution < 1.29 is 9.53 Å². The van der Waals surface area contributed by atoms with Crippen molar-refractivity contribution in [2.45, 2.75) is 25.9 Å². The number of amides is 1. The summed E-state index contributed by atoms with van der Waals surface area (Å²) in [6.07, 6.45) is 3.57. The normalized spacial score (nSPS) is 16.0. The van der Waals surface area contributed by atoms with Crippen LogP contribution in [-0.4, -0.2) is 40.0 Å². The first kappa shape index (κ1) is 13.7. The van der Waals surface area contributed by atoms with E-state index in [1.807, 2.05) is 42.2 Å². The maximum Gasteiger partial charge on any atom is 0.270 e. The fourth-order valence-electron chi connectivity index (χ4n) is 2.56. The van der Waals surface area contributed by atoms with E-state index in [-0.39, 0.29) is 12.0 Å². The number of pyridine rings is 1. The topological polar surface area (TPSA) is 58.2 Å². The molecule has 1 aliphatic rings. The number of nitrogens with zero attached hydrogens (tertiary/aromatic N) is 2. The third-order valence-electron chi connectivity index (χ3n) is 3.71. The molecule has 0 unspecified atom stereocenters. The molecule has 0 radical (unpaired) electrons. The smallest absolute Gasteiger partial charge is 0.270 e. The molecule has 0 saturated carbocycles. The van der Waals surface area contributed by atoms with Crippen molar-refractivity contribution in [3.8, 4) is 5.88 Å². The lowest BCUT2D eigenvalue weighted by atomic mass is 10.1. The summed E-state index contributed by atoms with van der Waals surface area (Å²) in [5, 5.41) is 0. The number of piperidine rings is 1. The van der Waals surface area contributed by atoms with Gasteiger partial charge in [0.2, 0.25) is 5.88 Å². The number of carbonyl (C=O) groups is 1. The van der Waals surface area contributed by atoms with Gasteiger partial charge in [0, 0.05) is 43.9 Å². The van der Waals surface area contributed by atoms with E-state index in [0.29, 0.717) is 24.7 Å². The van der Waals surface area contributed by atoms with Crippen molar-refractivity contribution >= 4 is 5.91 Å². The molecule has 0 spiro atoms. The van der Waals surface area contributed by atoms with Gasteiger partial charge in [-0.05, 0) is 25.1 Å². The Balaban J connectivity index is 1.54. The molecule has 0 atom stereocenters. The Morgan fingerprint density at radius 3 is 2.76 bits per heavy atom. The quantitative estimate of drug-likeness (QED) is 0.942. The van der Waals surface area contributed by atoms with Crippen molar-refractivity contribution in [3.05, 3.63) is 47.9 Å². The van der Waals surface area contributed by atoms with Gasteiger partial charge in [0.15, 0.2) is 0 Å². The lowest BCUT2D eigenvalue weighted by molar-refractivity contribution is 0.0583. The minimum absolute atomic E-state index is 0.0622. The van der Waals surface area contributed by atoms with Crippen LogP contribution in [0.4, 0.5) is 0 Å². The summed E-state index contributed by atoms with van der Waals surface area (Å²) in [6, 6.07) is 9.42. The van der Waals surface area contributed by atoms with Crippen molar-refractivity contribution in [1.29, 1.82) is 0 Å². The third kappa shape index (κ3) is 3.24. The Morgan fingerprint density at radius 1 is 1.29 bits per heavy atom. The van der Waals surface area contributed by atoms with E-state index in [1.165, 1.54) is 0 Å². The number of aryl methyl sites for hydroxylation is 1. The molecule has 0 bridgehead atoms. The summed E-state index contributed by atoms with van der Waals surface area (Å²) in [5.74, 6) is 0.733. The molecule has 1 saturated heterocycles. The highest BCUT2D eigenvalue weighted by molar-refractivity contribution is 5.92. The monoisotopic (exact) mass is 285 g/mol. The van der Waals surface area contributed by atoms with E-state index in [0.717, 1.165) is 18.5 Å². The van der Waals surface area contributed by atoms with Crippen molar-refractivity contribution in [3.63, 3.8) is 0 Å². The number of ether oxygens (including phenoxy) is 1. The van der Waals surface area contributed by atoms with Gasteiger partial charge in [0.1, 0.15) is 11.8 Å². The Labute approximate surface area is 124 Å². The highest BCUT2D eigenvalue weighted by Crippen LogP contribution is 2.18. The Hall–Kier alpha value is -2.30. The van der Waals surface area contributed by atoms with Gasteiger partial charge < -0.3 is 14.6 Å². The fourth-order valence-corrected chi connectivity index (χ4v) is 2.56. The van der Waals surface area contributed by atoms with Crippen LogP contribution in [0.5, 0.6) is 5.88 Å². The minimum atomic E-state index is 0.0622. The molecule has 3 rings (SSSR count). The molecule has 21 heavy (non-hydrogen) atoms. The number of H-pyrrole nitrogens is 1. The van der Waals surface area contributed by atoms with E-state index >= 15 is 0 Å². The summed E-state index contributed by atoms with van der Waals surface area (Å²) < 4.78 is 5.90. The average molecular weight is 285 g/mol. The maximum absolute atomic E-state index is 12.2. The predicted molar refractivity (Wildman–Crippen MR) is 79.3 cm³/mol. The molecule has 0 aliphatic carbocycles. The molecular weight excluding hydrogens is 266 g/mol. The van der Waals surface area contributed by atoms with E-state index in [1.54, 1.807) is 6.20 Å². The maximum atomic E-state index is 12.2. The van der Waals surface area contributed by atoms with Crippen molar-refractivity contribution in [1.82, 2.24) is 14.9 Å². The van der Waals surface area contributed by atoms with Gasteiger partial charge in [0.25, 0.3) is 5.91 Å². The summed E-state index contributed by atoms with van der Waals surface area (Å²) in [6.45, 7) is 3.38. The molecule has 1 aliphatic heterocycles. The van der Waals surface area contributed by atoms with Crippen LogP contribution in [0.15, 0.2) is 36.5 Å². The average Bonchev–Trinajstić information content (AvgIpc) is 3.01. The van der Waals surface area contributed by atoms with Crippen LogP contribution >= 0.6 is 0 Å². The van der Waals surface area contributed by atoms with E-state index in [9.17, 15) is 4.79 Å². The van der Waals surface area contributed by atoms with Crippen molar-refractivity contribution in [2.24, 2.45) is 0 Å². The van der Waals surface area contributed by atoms with Crippen LogP contribution in [0.2, 0.25) is 0 Å². The SMILES string of the molecule is Cc1cccc(OC2CCN(C(=O)c3ccc[nH]3)CC2)n1. The molecule has 5 nitrogen and oxygen atoms in total. The number of nitrogens with one attached hydrogen (secondary N) is 1. The van der Waals surface area contributed by atoms with Gasteiger partial charge in [-0.15, -0.1) is 0 Å². The van der Waals surface area contributed by atoms with E-state index in [4.69, 9.17) is 4.74 Å². The van der Waals surface area contributed by atoms with Gasteiger partial charge in [-0.3, -0.25) is 4.79 Å². The van der Waals surface area contributed by atoms with Crippen LogP contribution in [0.25, 0.3) is 0 Å². The number of carbonyl (C=O) groups excluding carboxylic acids is 1. The first-order chi connectivity index (χ1) is 10.2. The summed E-state index contributed by atoms with van der Waals surface area (Å²) in [4.78, 5) is 21.4. The number of aromatic nitrogens is 2. The minimum Gasteiger partial charge on any atom is -0.474 e. The number of hydrogen-bond donors (Lipinski definition) is 1. The van der Waals surface area contributed by atoms with Crippen LogP contribution in [-0.2, 0) is 0 Å². The summed E-state index contributed by atoms with van der Waals surface area (Å²) in [7, 11) is 0. The number of likely N-dealkylation sites (tertiary alicyclic amines) is 1. The first-order valence-electron chi connectivity index (χ1n) is 7.25. The Bertz CT molecular complexity index is 602. The molecule has 2 aromatic heterocycles. The van der Waals surface area contributed by atoms with E-state index < -0.39 is 0 Å². The zero-order chi connectivity index (χ0) is 14.7. The number of aromatic amines is 1. The Kier molecular flexibility index (Phi) is 3.90. The lowest BCUT2D eigenvalue weighted by Gasteiger charge is -2.31. The van der Waals surface area contributed by atoms with Crippen molar-refractivity contribution in [2.75, 3.05) is 13.1 Å². The number of rotatable bonds is 3.